The van der Waals surface area contributed by atoms with Crippen molar-refractivity contribution in [2.45, 2.75) is 0 Å². The van der Waals surface area contributed by atoms with Gasteiger partial charge in [-0.1, -0.05) is 12.7 Å². The Balaban J connectivity index is 1.99. The van der Waals surface area contributed by atoms with Gasteiger partial charge in [0.25, 0.3) is 0 Å². The Bertz CT molecular complexity index is 717. The van der Waals surface area contributed by atoms with Crippen LogP contribution in [0.1, 0.15) is 11.1 Å². The largest absolute Gasteiger partial charge is 0.490 e. The van der Waals surface area contributed by atoms with Crippen LogP contribution in [0.5, 0.6) is 5.75 Å². The minimum absolute atomic E-state index is 0.0757. The highest BCUT2D eigenvalue weighted by Crippen LogP contribution is 2.13. The molecule has 23 heavy (non-hydrogen) atoms. The molecule has 0 aliphatic heterocycles. The number of nitrogens with zero attached hydrogens (tertiary/aromatic N) is 2. The fourth-order valence-electron chi connectivity index (χ4n) is 1.65. The fraction of sp³-hybridized carbons (Fsp3) is 0.0588. The highest BCUT2D eigenvalue weighted by atomic mass is 19.2. The Morgan fingerprint density at radius 3 is 2.04 bits per heavy atom. The van der Waals surface area contributed by atoms with E-state index in [-0.39, 0.29) is 5.56 Å². The molecule has 0 aromatic heterocycles. The first kappa shape index (κ1) is 16.5. The summed E-state index contributed by atoms with van der Waals surface area (Å²) >= 11 is 0. The normalized spacial score (nSPS) is 11.3. The number of hydrogen-bond donors (Lipinski definition) is 0. The monoisotopic (exact) mass is 318 g/mol. The van der Waals surface area contributed by atoms with Crippen molar-refractivity contribution in [3.8, 4) is 5.75 Å². The maximum atomic E-state index is 13.0. The minimum atomic E-state index is -1.51. The van der Waals surface area contributed by atoms with E-state index in [0.29, 0.717) is 12.4 Å². The zero-order chi connectivity index (χ0) is 16.7. The number of hydrogen-bond acceptors (Lipinski definition) is 3. The molecule has 118 valence electrons. The Labute approximate surface area is 131 Å². The predicted molar refractivity (Wildman–Crippen MR) is 83.6 cm³/mol. The van der Waals surface area contributed by atoms with Crippen molar-refractivity contribution < 1.29 is 17.9 Å². The average molecular weight is 318 g/mol. The summed E-state index contributed by atoms with van der Waals surface area (Å²) < 4.78 is 44.1. The van der Waals surface area contributed by atoms with E-state index in [2.05, 4.69) is 16.8 Å². The first-order valence-electron chi connectivity index (χ1n) is 6.65. The number of ether oxygens (including phenoxy) is 1. The second-order valence-corrected chi connectivity index (χ2v) is 4.46. The molecule has 6 heteroatoms. The van der Waals surface area contributed by atoms with Crippen molar-refractivity contribution in [2.75, 3.05) is 6.61 Å². The van der Waals surface area contributed by atoms with Gasteiger partial charge in [-0.2, -0.15) is 10.2 Å². The highest BCUT2D eigenvalue weighted by Gasteiger charge is 2.09. The van der Waals surface area contributed by atoms with Gasteiger partial charge in [0.05, 0.1) is 12.4 Å². The van der Waals surface area contributed by atoms with Gasteiger partial charge in [0.2, 0.25) is 0 Å². The molecule has 0 unspecified atom stereocenters. The molecule has 0 N–H and O–H groups in total. The zero-order valence-corrected chi connectivity index (χ0v) is 12.0. The molecule has 3 nitrogen and oxygen atoms in total. The number of benzene rings is 2. The molecule has 2 aromatic rings. The van der Waals surface area contributed by atoms with E-state index in [1.54, 1.807) is 30.3 Å². The maximum Gasteiger partial charge on any atom is 0.194 e. The molecule has 0 fully saturated rings. The van der Waals surface area contributed by atoms with Crippen molar-refractivity contribution in [3.63, 3.8) is 0 Å². The Morgan fingerprint density at radius 2 is 1.48 bits per heavy atom. The molecule has 2 aromatic carbocycles. The minimum Gasteiger partial charge on any atom is -0.490 e. The molecule has 0 amide bonds. The van der Waals surface area contributed by atoms with Crippen molar-refractivity contribution in [2.24, 2.45) is 10.2 Å². The molecule has 0 bridgehead atoms. The highest BCUT2D eigenvalue weighted by molar-refractivity contribution is 5.82. The summed E-state index contributed by atoms with van der Waals surface area (Å²) in [4.78, 5) is 0. The lowest BCUT2D eigenvalue weighted by molar-refractivity contribution is 0.363. The van der Waals surface area contributed by atoms with Crippen molar-refractivity contribution in [1.29, 1.82) is 0 Å². The van der Waals surface area contributed by atoms with Crippen LogP contribution >= 0.6 is 0 Å². The third kappa shape index (κ3) is 4.81. The SMILES string of the molecule is C=CCOc1ccc(C=NN=Cc2cc(F)c(F)c(F)c2)cc1. The summed E-state index contributed by atoms with van der Waals surface area (Å²) in [6.07, 6.45) is 4.24. The second kappa shape index (κ2) is 7.93. The molecule has 0 saturated heterocycles. The predicted octanol–water partition coefficient (Wildman–Crippen LogP) is 4.12. The summed E-state index contributed by atoms with van der Waals surface area (Å²) in [5, 5.41) is 7.42. The van der Waals surface area contributed by atoms with Crippen LogP contribution in [0.4, 0.5) is 13.2 Å². The molecule has 0 radical (unpaired) electrons. The molecule has 0 spiro atoms. The van der Waals surface area contributed by atoms with Crippen LogP contribution in [0.3, 0.4) is 0 Å². The van der Waals surface area contributed by atoms with Gasteiger partial charge in [-0.25, -0.2) is 13.2 Å². The Morgan fingerprint density at radius 1 is 0.913 bits per heavy atom. The van der Waals surface area contributed by atoms with Crippen LogP contribution in [-0.2, 0) is 0 Å². The van der Waals surface area contributed by atoms with E-state index in [9.17, 15) is 13.2 Å². The van der Waals surface area contributed by atoms with E-state index in [4.69, 9.17) is 4.74 Å². The van der Waals surface area contributed by atoms with Crippen LogP contribution in [0.2, 0.25) is 0 Å². The van der Waals surface area contributed by atoms with E-state index >= 15 is 0 Å². The van der Waals surface area contributed by atoms with Gasteiger partial charge < -0.3 is 4.74 Å². The summed E-state index contributed by atoms with van der Waals surface area (Å²) in [7, 11) is 0. The van der Waals surface area contributed by atoms with E-state index in [1.807, 2.05) is 0 Å². The third-order valence-electron chi connectivity index (χ3n) is 2.73. The quantitative estimate of drug-likeness (QED) is 0.341. The van der Waals surface area contributed by atoms with Gasteiger partial charge in [-0.15, -0.1) is 0 Å². The fourth-order valence-corrected chi connectivity index (χ4v) is 1.65. The van der Waals surface area contributed by atoms with Crippen LogP contribution in [-0.4, -0.2) is 19.0 Å². The summed E-state index contributed by atoms with van der Waals surface area (Å²) in [5.41, 5.74) is 0.844. The van der Waals surface area contributed by atoms with Gasteiger partial charge in [0.15, 0.2) is 17.5 Å². The summed E-state index contributed by atoms with van der Waals surface area (Å²) in [5.74, 6) is -3.36. The van der Waals surface area contributed by atoms with Crippen molar-refractivity contribution >= 4 is 12.4 Å². The van der Waals surface area contributed by atoms with Crippen molar-refractivity contribution in [1.82, 2.24) is 0 Å². The lowest BCUT2D eigenvalue weighted by Gasteiger charge is -2.02. The van der Waals surface area contributed by atoms with Gasteiger partial charge in [0, 0.05) is 5.56 Å². The number of halogens is 3. The first-order valence-corrected chi connectivity index (χ1v) is 6.65. The van der Waals surface area contributed by atoms with Crippen molar-refractivity contribution in [3.05, 3.63) is 77.6 Å². The second-order valence-electron chi connectivity index (χ2n) is 4.46. The Kier molecular flexibility index (Phi) is 5.68. The summed E-state index contributed by atoms with van der Waals surface area (Å²) in [6.45, 7) is 3.97. The molecular weight excluding hydrogens is 305 g/mol. The van der Waals surface area contributed by atoms with Crippen LogP contribution in [0.15, 0.2) is 59.3 Å². The van der Waals surface area contributed by atoms with Crippen LogP contribution in [0, 0.1) is 17.5 Å². The van der Waals surface area contributed by atoms with Crippen LogP contribution < -0.4 is 4.74 Å². The third-order valence-corrected chi connectivity index (χ3v) is 2.73. The van der Waals surface area contributed by atoms with E-state index < -0.39 is 17.5 Å². The molecule has 0 saturated carbocycles. The van der Waals surface area contributed by atoms with Gasteiger partial charge in [-0.3, -0.25) is 0 Å². The standard InChI is InChI=1S/C17H13F3N2O/c1-2-7-23-14-5-3-12(4-6-14)10-21-22-11-13-8-15(18)17(20)16(19)9-13/h2-6,8-11H,1,7H2. The summed E-state index contributed by atoms with van der Waals surface area (Å²) in [6, 6.07) is 8.74. The molecule has 2 rings (SSSR count). The first-order chi connectivity index (χ1) is 11.1. The van der Waals surface area contributed by atoms with Gasteiger partial charge in [0.1, 0.15) is 12.4 Å². The molecule has 0 aliphatic rings. The average Bonchev–Trinajstić information content (AvgIpc) is 2.55. The topological polar surface area (TPSA) is 34.0 Å². The maximum absolute atomic E-state index is 13.0. The Hall–Kier alpha value is -2.89. The van der Waals surface area contributed by atoms with Gasteiger partial charge >= 0.3 is 0 Å². The molecular formula is C17H13F3N2O. The number of rotatable bonds is 6. The van der Waals surface area contributed by atoms with Crippen LogP contribution in [0.25, 0.3) is 0 Å². The lowest BCUT2D eigenvalue weighted by Crippen LogP contribution is -1.93. The molecule has 0 atom stereocenters. The molecule has 0 heterocycles. The van der Waals surface area contributed by atoms with E-state index in [1.165, 1.54) is 6.21 Å². The smallest absolute Gasteiger partial charge is 0.194 e. The van der Waals surface area contributed by atoms with Gasteiger partial charge in [-0.05, 0) is 42.0 Å². The molecule has 0 aliphatic carbocycles. The van der Waals surface area contributed by atoms with E-state index in [0.717, 1.165) is 23.9 Å². The zero-order valence-electron chi connectivity index (χ0n) is 12.0. The lowest BCUT2D eigenvalue weighted by atomic mass is 10.2.